The number of nitrogens with two attached hydrogens (primary N) is 1. The molecule has 0 aromatic heterocycles. The number of benzene rings is 1. The predicted octanol–water partition coefficient (Wildman–Crippen LogP) is 1.17. The largest absolute Gasteiger partial charge is 0.378 e. The van der Waals surface area contributed by atoms with E-state index in [-0.39, 0.29) is 5.91 Å². The van der Waals surface area contributed by atoms with Crippen molar-refractivity contribution in [1.82, 2.24) is 0 Å². The molecule has 2 N–H and O–H groups in total. The van der Waals surface area contributed by atoms with Crippen LogP contribution in [0.2, 0.25) is 0 Å². The number of amides is 1. The summed E-state index contributed by atoms with van der Waals surface area (Å²) in [5.74, 6) is -0.248. The summed E-state index contributed by atoms with van der Waals surface area (Å²) in [4.78, 5) is 12.6. The molecule has 0 saturated heterocycles. The van der Waals surface area contributed by atoms with Gasteiger partial charge in [-0.15, -0.1) is 0 Å². The predicted molar refractivity (Wildman–Crippen MR) is 58.3 cm³/mol. The van der Waals surface area contributed by atoms with Crippen LogP contribution in [0.3, 0.4) is 0 Å². The lowest BCUT2D eigenvalue weighted by Gasteiger charge is -2.12. The van der Waals surface area contributed by atoms with Crippen LogP contribution < -0.4 is 10.6 Å². The Morgan fingerprint density at radius 3 is 2.29 bits per heavy atom. The zero-order chi connectivity index (χ0) is 10.6. The van der Waals surface area contributed by atoms with E-state index >= 15 is 0 Å². The van der Waals surface area contributed by atoms with Crippen LogP contribution >= 0.6 is 0 Å². The highest BCUT2D eigenvalue weighted by molar-refractivity contribution is 5.74. The van der Waals surface area contributed by atoms with Gasteiger partial charge < -0.3 is 10.6 Å². The number of hydrogen-bond acceptors (Lipinski definition) is 2. The number of rotatable bonds is 4. The molecule has 14 heavy (non-hydrogen) atoms. The topological polar surface area (TPSA) is 46.3 Å². The summed E-state index contributed by atoms with van der Waals surface area (Å²) in [7, 11) is 4.00. The Balaban J connectivity index is 2.59. The number of nitrogens with zero attached hydrogens (tertiary/aromatic N) is 1. The fourth-order valence-electron chi connectivity index (χ4n) is 1.23. The van der Waals surface area contributed by atoms with Crippen molar-refractivity contribution >= 4 is 11.6 Å². The van der Waals surface area contributed by atoms with Crippen molar-refractivity contribution in [2.45, 2.75) is 12.8 Å². The first-order chi connectivity index (χ1) is 6.59. The number of primary amides is 1. The van der Waals surface area contributed by atoms with E-state index in [9.17, 15) is 4.79 Å². The van der Waals surface area contributed by atoms with E-state index in [1.807, 2.05) is 43.3 Å². The summed E-state index contributed by atoms with van der Waals surface area (Å²) in [6.07, 6.45) is 1.14. The molecule has 0 bridgehead atoms. The summed E-state index contributed by atoms with van der Waals surface area (Å²) in [5, 5.41) is 0. The van der Waals surface area contributed by atoms with Gasteiger partial charge >= 0.3 is 0 Å². The Hall–Kier alpha value is -1.51. The zero-order valence-corrected chi connectivity index (χ0v) is 8.66. The van der Waals surface area contributed by atoms with Gasteiger partial charge in [-0.05, 0) is 24.1 Å². The minimum Gasteiger partial charge on any atom is -0.378 e. The Labute approximate surface area is 84.5 Å². The molecule has 0 atom stereocenters. The molecule has 0 fully saturated rings. The third kappa shape index (κ3) is 3.09. The normalized spacial score (nSPS) is 9.86. The Bertz CT molecular complexity index is 304. The van der Waals surface area contributed by atoms with Crippen LogP contribution in [-0.4, -0.2) is 20.0 Å². The van der Waals surface area contributed by atoms with Crippen LogP contribution in [0.25, 0.3) is 0 Å². The summed E-state index contributed by atoms with van der Waals surface area (Å²) >= 11 is 0. The van der Waals surface area contributed by atoms with E-state index in [0.29, 0.717) is 6.42 Å². The van der Waals surface area contributed by atoms with Crippen LogP contribution in [-0.2, 0) is 11.2 Å². The van der Waals surface area contributed by atoms with E-state index in [4.69, 9.17) is 5.73 Å². The molecule has 3 heteroatoms. The summed E-state index contributed by atoms with van der Waals surface area (Å²) in [5.41, 5.74) is 7.38. The molecule has 0 aliphatic rings. The summed E-state index contributed by atoms with van der Waals surface area (Å²) in [6.45, 7) is 0. The van der Waals surface area contributed by atoms with Crippen molar-refractivity contribution in [3.8, 4) is 0 Å². The van der Waals surface area contributed by atoms with Crippen molar-refractivity contribution < 1.29 is 4.79 Å². The van der Waals surface area contributed by atoms with Gasteiger partial charge in [-0.25, -0.2) is 0 Å². The average Bonchev–Trinajstić information content (AvgIpc) is 2.15. The van der Waals surface area contributed by atoms with Crippen LogP contribution in [0.5, 0.6) is 0 Å². The van der Waals surface area contributed by atoms with Crippen molar-refractivity contribution in [1.29, 1.82) is 0 Å². The molecular weight excluding hydrogens is 176 g/mol. The highest BCUT2D eigenvalue weighted by atomic mass is 16.1. The Morgan fingerprint density at radius 2 is 1.86 bits per heavy atom. The maximum absolute atomic E-state index is 10.6. The highest BCUT2D eigenvalue weighted by Gasteiger charge is 1.98. The van der Waals surface area contributed by atoms with Crippen LogP contribution in [0.4, 0.5) is 5.69 Å². The molecule has 0 saturated carbocycles. The molecule has 1 aromatic rings. The van der Waals surface area contributed by atoms with E-state index in [0.717, 1.165) is 17.7 Å². The Kier molecular flexibility index (Phi) is 3.51. The molecule has 3 nitrogen and oxygen atoms in total. The SMILES string of the molecule is CN(C)c1ccc(CCC(N)=O)cc1. The van der Waals surface area contributed by atoms with E-state index in [1.54, 1.807) is 0 Å². The van der Waals surface area contributed by atoms with Crippen molar-refractivity contribution in [2.24, 2.45) is 5.73 Å². The zero-order valence-electron chi connectivity index (χ0n) is 8.66. The maximum atomic E-state index is 10.6. The second-order valence-corrected chi connectivity index (χ2v) is 3.53. The number of carbonyl (C=O) groups is 1. The van der Waals surface area contributed by atoms with Gasteiger partial charge in [0.15, 0.2) is 0 Å². The molecule has 0 aliphatic heterocycles. The van der Waals surface area contributed by atoms with Crippen LogP contribution in [0, 0.1) is 0 Å². The molecular formula is C11H16N2O. The molecule has 76 valence electrons. The van der Waals surface area contributed by atoms with Gasteiger partial charge in [0.1, 0.15) is 0 Å². The van der Waals surface area contributed by atoms with Crippen molar-refractivity contribution in [3.05, 3.63) is 29.8 Å². The van der Waals surface area contributed by atoms with Gasteiger partial charge in [-0.2, -0.15) is 0 Å². The van der Waals surface area contributed by atoms with E-state index in [1.165, 1.54) is 0 Å². The summed E-state index contributed by atoms with van der Waals surface area (Å²) < 4.78 is 0. The molecule has 1 rings (SSSR count). The molecule has 0 radical (unpaired) electrons. The monoisotopic (exact) mass is 192 g/mol. The quantitative estimate of drug-likeness (QED) is 0.778. The van der Waals surface area contributed by atoms with Gasteiger partial charge in [-0.3, -0.25) is 4.79 Å². The van der Waals surface area contributed by atoms with Gasteiger partial charge in [0.05, 0.1) is 0 Å². The van der Waals surface area contributed by atoms with Gasteiger partial charge in [0, 0.05) is 26.2 Å². The number of aryl methyl sites for hydroxylation is 1. The lowest BCUT2D eigenvalue weighted by molar-refractivity contribution is -0.117. The van der Waals surface area contributed by atoms with Crippen molar-refractivity contribution in [2.75, 3.05) is 19.0 Å². The fourth-order valence-corrected chi connectivity index (χ4v) is 1.23. The minimum atomic E-state index is -0.248. The Morgan fingerprint density at radius 1 is 1.29 bits per heavy atom. The molecule has 0 heterocycles. The average molecular weight is 192 g/mol. The van der Waals surface area contributed by atoms with Gasteiger partial charge in [-0.1, -0.05) is 12.1 Å². The minimum absolute atomic E-state index is 0.248. The first-order valence-corrected chi connectivity index (χ1v) is 4.64. The first-order valence-electron chi connectivity index (χ1n) is 4.64. The molecule has 0 aliphatic carbocycles. The second kappa shape index (κ2) is 4.65. The molecule has 0 spiro atoms. The standard InChI is InChI=1S/C11H16N2O/c1-13(2)10-6-3-9(4-7-10)5-8-11(12)14/h3-4,6-7H,5,8H2,1-2H3,(H2,12,14). The third-order valence-electron chi connectivity index (χ3n) is 2.11. The smallest absolute Gasteiger partial charge is 0.217 e. The van der Waals surface area contributed by atoms with Crippen LogP contribution in [0.15, 0.2) is 24.3 Å². The van der Waals surface area contributed by atoms with Gasteiger partial charge in [0.2, 0.25) is 5.91 Å². The van der Waals surface area contributed by atoms with E-state index in [2.05, 4.69) is 0 Å². The summed E-state index contributed by atoms with van der Waals surface area (Å²) in [6, 6.07) is 8.13. The molecule has 1 aromatic carbocycles. The number of carbonyl (C=O) groups excluding carboxylic acids is 1. The lowest BCUT2D eigenvalue weighted by Crippen LogP contribution is -2.11. The maximum Gasteiger partial charge on any atom is 0.217 e. The number of hydrogen-bond donors (Lipinski definition) is 1. The molecule has 1 amide bonds. The number of anilines is 1. The lowest BCUT2D eigenvalue weighted by atomic mass is 10.1. The van der Waals surface area contributed by atoms with Gasteiger partial charge in [0.25, 0.3) is 0 Å². The fraction of sp³-hybridized carbons (Fsp3) is 0.364. The second-order valence-electron chi connectivity index (χ2n) is 3.53. The molecule has 0 unspecified atom stereocenters. The highest BCUT2D eigenvalue weighted by Crippen LogP contribution is 2.13. The third-order valence-corrected chi connectivity index (χ3v) is 2.11. The van der Waals surface area contributed by atoms with Crippen molar-refractivity contribution in [3.63, 3.8) is 0 Å². The van der Waals surface area contributed by atoms with Crippen LogP contribution in [0.1, 0.15) is 12.0 Å². The van der Waals surface area contributed by atoms with E-state index < -0.39 is 0 Å². The first kappa shape index (κ1) is 10.6.